The van der Waals surface area contributed by atoms with Gasteiger partial charge < -0.3 is 51.6 Å². The number of hydrogen-bond acceptors (Lipinski definition) is 20. The summed E-state index contributed by atoms with van der Waals surface area (Å²) in [5, 5.41) is 74.9. The van der Waals surface area contributed by atoms with Crippen molar-refractivity contribution in [3.63, 3.8) is 0 Å². The van der Waals surface area contributed by atoms with Crippen molar-refractivity contribution in [3.05, 3.63) is 124 Å². The van der Waals surface area contributed by atoms with Crippen LogP contribution >= 0.6 is 11.3 Å². The summed E-state index contributed by atoms with van der Waals surface area (Å²) in [4.78, 5) is 53.0. The topological polar surface area (TPSA) is 304 Å². The molecule has 9 N–H and O–H groups in total. The second-order valence-corrected chi connectivity index (χ2v) is 28.9. The molecule has 5 aliphatic rings. The molecule has 3 amide bonds. The molecule has 3 saturated heterocycles. The van der Waals surface area contributed by atoms with Crippen molar-refractivity contribution in [2.75, 3.05) is 74.9 Å². The number of aromatic nitrogens is 10. The summed E-state index contributed by atoms with van der Waals surface area (Å²) in [6.07, 6.45) is 16.5. The van der Waals surface area contributed by atoms with Crippen molar-refractivity contribution in [2.45, 2.75) is 152 Å². The van der Waals surface area contributed by atoms with Gasteiger partial charge in [-0.05, 0) is 135 Å². The average molecular weight is 1350 g/mol. The summed E-state index contributed by atoms with van der Waals surface area (Å²) in [6.45, 7) is 15.9. The Balaban J connectivity index is 0.000000139. The van der Waals surface area contributed by atoms with E-state index in [2.05, 4.69) is 133 Å². The second-order valence-electron chi connectivity index (χ2n) is 28.0. The normalized spacial score (nSPS) is 22.1. The highest BCUT2D eigenvalue weighted by molar-refractivity contribution is 7.09. The molecule has 26 nitrogen and oxygen atoms in total. The van der Waals surface area contributed by atoms with Gasteiger partial charge in [-0.3, -0.25) is 47.8 Å². The quantitative estimate of drug-likeness (QED) is 0.0387. The number of oxazole rings is 1. The van der Waals surface area contributed by atoms with Gasteiger partial charge in [0, 0.05) is 125 Å². The average Bonchev–Trinajstić information content (AvgIpc) is 1.80. The van der Waals surface area contributed by atoms with Crippen LogP contribution in [0.1, 0.15) is 111 Å². The number of aliphatic hydroxyl groups is 3. The predicted octanol–water partition coefficient (Wildman–Crippen LogP) is 6.20. The largest absolute Gasteiger partial charge is 0.446 e. The van der Waals surface area contributed by atoms with E-state index in [1.54, 1.807) is 23.3 Å². The lowest BCUT2D eigenvalue weighted by Crippen LogP contribution is -2.63. The van der Waals surface area contributed by atoms with Crippen LogP contribution in [-0.4, -0.2) is 192 Å². The number of amides is 3. The maximum atomic E-state index is 12.5. The summed E-state index contributed by atoms with van der Waals surface area (Å²) >= 11 is 1.54. The molecule has 3 aromatic carbocycles. The molecule has 9 heterocycles. The molecule has 14 rings (SSSR count). The lowest BCUT2D eigenvalue weighted by atomic mass is 9.80. The number of thiazole rings is 1. The van der Waals surface area contributed by atoms with E-state index in [-0.39, 0.29) is 55.5 Å². The van der Waals surface area contributed by atoms with Crippen LogP contribution in [0.25, 0.3) is 32.7 Å². The van der Waals surface area contributed by atoms with Gasteiger partial charge in [0.25, 0.3) is 0 Å². The zero-order valence-corrected chi connectivity index (χ0v) is 58.1. The first kappa shape index (κ1) is 68.6. The number of nitrogens with one attached hydrogen (secondary N) is 6. The van der Waals surface area contributed by atoms with Crippen LogP contribution in [0.3, 0.4) is 0 Å². The van der Waals surface area contributed by atoms with Gasteiger partial charge in [-0.1, -0.05) is 34.9 Å². The smallest absolute Gasteiger partial charge is 0.239 e. The lowest BCUT2D eigenvalue weighted by molar-refractivity contribution is -0.122. The van der Waals surface area contributed by atoms with Gasteiger partial charge in [-0.2, -0.15) is 20.4 Å². The zero-order valence-electron chi connectivity index (χ0n) is 57.3. The molecule has 2 aliphatic carbocycles. The van der Waals surface area contributed by atoms with Gasteiger partial charge in [0.15, 0.2) is 17.5 Å². The number of anilines is 3. The molecule has 0 unspecified atom stereocenters. The highest BCUT2D eigenvalue weighted by atomic mass is 32.1. The molecule has 0 radical (unpaired) electrons. The Labute approximate surface area is 569 Å². The number of aryl methyl sites for hydroxylation is 7. The van der Waals surface area contributed by atoms with E-state index in [9.17, 15) is 29.7 Å². The minimum Gasteiger partial charge on any atom is -0.446 e. The number of likely N-dealkylation sites (tertiary alicyclic amines) is 3. The Bertz CT molecular complexity index is 3990. The molecule has 2 atom stereocenters. The first-order chi connectivity index (χ1) is 46.4. The van der Waals surface area contributed by atoms with E-state index in [0.717, 1.165) is 156 Å². The Morgan fingerprint density at radius 1 is 0.629 bits per heavy atom. The summed E-state index contributed by atoms with van der Waals surface area (Å²) in [5.74, 6) is 2.57. The Kier molecular flexibility index (Phi) is 20.5. The summed E-state index contributed by atoms with van der Waals surface area (Å²) in [7, 11) is 7.58. The zero-order chi connectivity index (χ0) is 68.3. The van der Waals surface area contributed by atoms with Crippen LogP contribution in [0.2, 0.25) is 0 Å². The summed E-state index contributed by atoms with van der Waals surface area (Å²) in [5.41, 5.74) is 4.85. The molecular formula is C70H95N19O7S. The van der Waals surface area contributed by atoms with Crippen LogP contribution in [0.5, 0.6) is 0 Å². The molecule has 0 spiro atoms. The number of rotatable bonds is 21. The summed E-state index contributed by atoms with van der Waals surface area (Å²) in [6, 6.07) is 20.3. The molecule has 3 aliphatic heterocycles. The molecule has 5 fully saturated rings. The first-order valence-corrected chi connectivity index (χ1v) is 34.9. The molecule has 97 heavy (non-hydrogen) atoms. The predicted molar refractivity (Wildman–Crippen MR) is 375 cm³/mol. The van der Waals surface area contributed by atoms with E-state index in [1.165, 1.54) is 23.2 Å². The lowest BCUT2D eigenvalue weighted by Gasteiger charge is -2.47. The number of fused-ring (bicyclic) bond motifs is 3. The Morgan fingerprint density at radius 3 is 1.45 bits per heavy atom. The number of carbonyl (C=O) groups is 3. The molecular weight excluding hydrogens is 1250 g/mol. The van der Waals surface area contributed by atoms with Crippen molar-refractivity contribution in [1.82, 2.24) is 79.7 Å². The van der Waals surface area contributed by atoms with Crippen LogP contribution in [0.15, 0.2) is 95.4 Å². The monoisotopic (exact) mass is 1350 g/mol. The fourth-order valence-electron chi connectivity index (χ4n) is 14.4. The maximum absolute atomic E-state index is 12.5. The third kappa shape index (κ3) is 16.0. The maximum Gasteiger partial charge on any atom is 0.239 e. The van der Waals surface area contributed by atoms with Gasteiger partial charge in [0.05, 0.1) is 72.3 Å². The van der Waals surface area contributed by atoms with Crippen molar-refractivity contribution in [3.8, 4) is 0 Å². The number of benzene rings is 3. The molecule has 2 saturated carbocycles. The van der Waals surface area contributed by atoms with E-state index in [4.69, 9.17) is 4.42 Å². The summed E-state index contributed by atoms with van der Waals surface area (Å²) < 4.78 is 12.5. The first-order valence-electron chi connectivity index (χ1n) is 34.0. The third-order valence-electron chi connectivity index (χ3n) is 20.3. The third-order valence-corrected chi connectivity index (χ3v) is 21.3. The van der Waals surface area contributed by atoms with Crippen LogP contribution in [0, 0.1) is 20.8 Å². The molecule has 27 heteroatoms. The minimum absolute atomic E-state index is 0.0112. The SMILES string of the molecule is Cc1ccc2c(c1)c(NCC(=O)NC1CN(C3CCC(O)(c4ncco4)CC3)C1)nn2C.Cc1ccc2c(c1)c(NCC(=O)NC1CN(C3CCC(O)(c4nccs4)CC3)C1)nn2C.Cc1ccc2c(c1)c(NCC(=O)NC1CN([C@@H](C)CC[C@](C)(O)c3cnn(C)c3)C1)nn2C. The molecule has 0 bridgehead atoms. The van der Waals surface area contributed by atoms with Gasteiger partial charge in [0.2, 0.25) is 23.6 Å². The molecule has 518 valence electrons. The van der Waals surface area contributed by atoms with Crippen molar-refractivity contribution >= 4 is 79.2 Å². The second kappa shape index (κ2) is 29.0. The highest BCUT2D eigenvalue weighted by Gasteiger charge is 2.44. The van der Waals surface area contributed by atoms with Crippen molar-refractivity contribution in [1.29, 1.82) is 0 Å². The van der Waals surface area contributed by atoms with E-state index in [1.807, 2.05) is 86.7 Å². The number of carbonyl (C=O) groups excluding carboxylic acids is 3. The van der Waals surface area contributed by atoms with Crippen LogP contribution < -0.4 is 31.9 Å². The van der Waals surface area contributed by atoms with E-state index >= 15 is 0 Å². The van der Waals surface area contributed by atoms with E-state index in [0.29, 0.717) is 43.3 Å². The fraction of sp³-hybridized carbons (Fsp3) is 0.529. The van der Waals surface area contributed by atoms with Crippen molar-refractivity contribution in [2.24, 2.45) is 28.2 Å². The fourth-order valence-corrected chi connectivity index (χ4v) is 15.2. The van der Waals surface area contributed by atoms with E-state index < -0.39 is 16.8 Å². The van der Waals surface area contributed by atoms with Gasteiger partial charge >= 0.3 is 0 Å². The Morgan fingerprint density at radius 2 is 1.06 bits per heavy atom. The standard InChI is InChI=1S/C24H35N7O2.C23H30N6O3.C23H30N6O2S/c1-16-6-7-21-20(10-16)23(28-30(21)5)25-12-22(32)27-19-14-31(15-19)17(2)8-9-24(3,33)18-11-26-29(4)13-18;2*1-15-3-4-19-18(11-15)21(27-28(19)2)25-12-20(30)26-16-13-29(14-16)17-5-7-23(31,8-6-17)22-24-9-10-32-22/h6-7,10-11,13,17,19,33H,8-9,12,14-15H2,1-5H3,(H,25,28)(H,27,32);2*3-4,9-11,16-17,31H,5-8,12-14H2,1-2H3,(H,25,27)(H,26,30)/t17-,24-;;/m0../s1. The van der Waals surface area contributed by atoms with Gasteiger partial charge in [-0.15, -0.1) is 11.3 Å². The van der Waals surface area contributed by atoms with Crippen LogP contribution in [-0.2, 0) is 59.4 Å². The number of nitrogens with zero attached hydrogens (tertiary/aromatic N) is 13. The Hall–Kier alpha value is -8.31. The van der Waals surface area contributed by atoms with Crippen LogP contribution in [0.4, 0.5) is 17.5 Å². The van der Waals surface area contributed by atoms with Gasteiger partial charge in [-0.25, -0.2) is 9.97 Å². The van der Waals surface area contributed by atoms with Gasteiger partial charge in [0.1, 0.15) is 22.5 Å². The van der Waals surface area contributed by atoms with Crippen molar-refractivity contribution < 1.29 is 34.1 Å². The molecule has 9 aromatic rings. The number of hydrogen-bond donors (Lipinski definition) is 9. The highest BCUT2D eigenvalue weighted by Crippen LogP contribution is 2.41. The molecule has 6 aromatic heterocycles. The minimum atomic E-state index is -0.946.